The molecule has 0 unspecified atom stereocenters. The fourth-order valence-electron chi connectivity index (χ4n) is 2.61. The van der Waals surface area contributed by atoms with Crippen LogP contribution in [-0.4, -0.2) is 13.0 Å². The number of hydrogen-bond donors (Lipinski definition) is 1. The Hall–Kier alpha value is -3.18. The van der Waals surface area contributed by atoms with Crippen molar-refractivity contribution in [3.8, 4) is 11.5 Å². The molecular weight excluding hydrogens is 345 g/mol. The van der Waals surface area contributed by atoms with Crippen LogP contribution in [0.5, 0.6) is 11.5 Å². The Balaban J connectivity index is 1.58. The molecule has 3 aromatic rings. The van der Waals surface area contributed by atoms with Crippen LogP contribution in [0.2, 0.25) is 0 Å². The van der Waals surface area contributed by atoms with Crippen molar-refractivity contribution >= 4 is 5.91 Å². The van der Waals surface area contributed by atoms with E-state index in [4.69, 9.17) is 9.47 Å². The number of ether oxygens (including phenoxy) is 2. The third-order valence-corrected chi connectivity index (χ3v) is 3.99. The predicted octanol–water partition coefficient (Wildman–Crippen LogP) is 4.69. The lowest BCUT2D eigenvalue weighted by Crippen LogP contribution is -2.24. The second kappa shape index (κ2) is 8.96. The van der Waals surface area contributed by atoms with Crippen LogP contribution in [-0.2, 0) is 17.9 Å². The molecule has 0 aliphatic carbocycles. The lowest BCUT2D eigenvalue weighted by atomic mass is 10.1. The topological polar surface area (TPSA) is 47.6 Å². The maximum atomic E-state index is 12.9. The van der Waals surface area contributed by atoms with E-state index >= 15 is 0 Å². The largest absolute Gasteiger partial charge is 0.457 e. The number of amides is 1. The van der Waals surface area contributed by atoms with Crippen LogP contribution in [0, 0.1) is 5.82 Å². The molecule has 3 aromatic carbocycles. The molecule has 0 aliphatic heterocycles. The summed E-state index contributed by atoms with van der Waals surface area (Å²) in [5.74, 6) is 0.754. The first kappa shape index (κ1) is 18.6. The molecule has 5 heteroatoms. The Labute approximate surface area is 157 Å². The summed E-state index contributed by atoms with van der Waals surface area (Å²) in [6, 6.07) is 20.6. The number of benzene rings is 3. The minimum Gasteiger partial charge on any atom is -0.457 e. The van der Waals surface area contributed by atoms with Crippen LogP contribution in [0.4, 0.5) is 4.39 Å². The van der Waals surface area contributed by atoms with Crippen LogP contribution < -0.4 is 10.1 Å². The summed E-state index contributed by atoms with van der Waals surface area (Å²) < 4.78 is 23.7. The lowest BCUT2D eigenvalue weighted by molar-refractivity contribution is 0.0946. The third kappa shape index (κ3) is 5.15. The Kier molecular flexibility index (Phi) is 6.18. The average Bonchev–Trinajstić information content (AvgIpc) is 2.70. The van der Waals surface area contributed by atoms with E-state index in [0.29, 0.717) is 30.2 Å². The van der Waals surface area contributed by atoms with E-state index in [-0.39, 0.29) is 11.7 Å². The Bertz CT molecular complexity index is 892. The van der Waals surface area contributed by atoms with Crippen molar-refractivity contribution in [2.75, 3.05) is 7.11 Å². The molecule has 0 saturated carbocycles. The average molecular weight is 365 g/mol. The smallest absolute Gasteiger partial charge is 0.251 e. The van der Waals surface area contributed by atoms with Crippen molar-refractivity contribution in [2.45, 2.75) is 13.2 Å². The van der Waals surface area contributed by atoms with Gasteiger partial charge in [-0.05, 0) is 53.6 Å². The molecule has 0 fully saturated rings. The Morgan fingerprint density at radius 3 is 2.22 bits per heavy atom. The van der Waals surface area contributed by atoms with Crippen molar-refractivity contribution in [3.05, 3.63) is 95.3 Å². The fraction of sp³-hybridized carbons (Fsp3) is 0.136. The SMILES string of the molecule is COCc1ccccc1C(=O)NCc1ccc(Oc2ccc(F)cc2)cc1. The zero-order chi connectivity index (χ0) is 19.1. The van der Waals surface area contributed by atoms with Gasteiger partial charge in [0.15, 0.2) is 0 Å². The van der Waals surface area contributed by atoms with Gasteiger partial charge in [0, 0.05) is 19.2 Å². The molecule has 1 amide bonds. The van der Waals surface area contributed by atoms with Crippen LogP contribution >= 0.6 is 0 Å². The van der Waals surface area contributed by atoms with Crippen molar-refractivity contribution in [2.24, 2.45) is 0 Å². The molecule has 0 bridgehead atoms. The summed E-state index contributed by atoms with van der Waals surface area (Å²) in [6.45, 7) is 0.788. The molecule has 1 N–H and O–H groups in total. The number of carbonyl (C=O) groups is 1. The number of carbonyl (C=O) groups excluding carboxylic acids is 1. The maximum absolute atomic E-state index is 12.9. The van der Waals surface area contributed by atoms with Crippen LogP contribution in [0.25, 0.3) is 0 Å². The Morgan fingerprint density at radius 2 is 1.56 bits per heavy atom. The van der Waals surface area contributed by atoms with Crippen LogP contribution in [0.1, 0.15) is 21.5 Å². The van der Waals surface area contributed by atoms with Crippen LogP contribution in [0.15, 0.2) is 72.8 Å². The number of rotatable bonds is 7. The standard InChI is InChI=1S/C22H20FNO3/c1-26-15-17-4-2-3-5-21(17)22(25)24-14-16-6-10-19(11-7-16)27-20-12-8-18(23)9-13-20/h2-13H,14-15H2,1H3,(H,24,25). The van der Waals surface area contributed by atoms with Crippen molar-refractivity contribution in [3.63, 3.8) is 0 Å². The molecule has 0 aliphatic rings. The lowest BCUT2D eigenvalue weighted by Gasteiger charge is -2.10. The predicted molar refractivity (Wildman–Crippen MR) is 101 cm³/mol. The van der Waals surface area contributed by atoms with Gasteiger partial charge in [0.05, 0.1) is 6.61 Å². The first-order valence-corrected chi connectivity index (χ1v) is 8.53. The normalized spacial score (nSPS) is 10.4. The van der Waals surface area contributed by atoms with Gasteiger partial charge < -0.3 is 14.8 Å². The fourth-order valence-corrected chi connectivity index (χ4v) is 2.61. The second-order valence-corrected chi connectivity index (χ2v) is 5.97. The summed E-state index contributed by atoms with van der Waals surface area (Å²) >= 11 is 0. The van der Waals surface area contributed by atoms with Gasteiger partial charge in [0.1, 0.15) is 17.3 Å². The van der Waals surface area contributed by atoms with Crippen molar-refractivity contribution in [1.29, 1.82) is 0 Å². The summed E-state index contributed by atoms with van der Waals surface area (Å²) in [4.78, 5) is 12.4. The van der Waals surface area contributed by atoms with Crippen LogP contribution in [0.3, 0.4) is 0 Å². The molecule has 3 rings (SSSR count). The molecule has 0 spiro atoms. The number of nitrogens with one attached hydrogen (secondary N) is 1. The van der Waals surface area contributed by atoms with Gasteiger partial charge in [0.2, 0.25) is 0 Å². The monoisotopic (exact) mass is 365 g/mol. The quantitative estimate of drug-likeness (QED) is 0.660. The highest BCUT2D eigenvalue weighted by molar-refractivity contribution is 5.95. The van der Waals surface area contributed by atoms with E-state index in [1.807, 2.05) is 42.5 Å². The summed E-state index contributed by atoms with van der Waals surface area (Å²) in [6.07, 6.45) is 0. The summed E-state index contributed by atoms with van der Waals surface area (Å²) in [5.41, 5.74) is 2.40. The summed E-state index contributed by atoms with van der Waals surface area (Å²) in [5, 5.41) is 2.91. The van der Waals surface area contributed by atoms with Gasteiger partial charge in [-0.15, -0.1) is 0 Å². The molecular formula is C22H20FNO3. The Morgan fingerprint density at radius 1 is 0.926 bits per heavy atom. The molecule has 0 radical (unpaired) electrons. The number of methoxy groups -OCH3 is 1. The first-order valence-electron chi connectivity index (χ1n) is 8.53. The van der Waals surface area contributed by atoms with Gasteiger partial charge in [-0.2, -0.15) is 0 Å². The molecule has 0 saturated heterocycles. The highest BCUT2D eigenvalue weighted by Crippen LogP contribution is 2.22. The summed E-state index contributed by atoms with van der Waals surface area (Å²) in [7, 11) is 1.60. The second-order valence-electron chi connectivity index (χ2n) is 5.97. The van der Waals surface area contributed by atoms with E-state index in [0.717, 1.165) is 11.1 Å². The molecule has 0 aromatic heterocycles. The third-order valence-electron chi connectivity index (χ3n) is 3.99. The van der Waals surface area contributed by atoms with Gasteiger partial charge in [0.25, 0.3) is 5.91 Å². The van der Waals surface area contributed by atoms with Gasteiger partial charge in [-0.25, -0.2) is 4.39 Å². The van der Waals surface area contributed by atoms with E-state index in [2.05, 4.69) is 5.32 Å². The van der Waals surface area contributed by atoms with E-state index in [9.17, 15) is 9.18 Å². The van der Waals surface area contributed by atoms with E-state index < -0.39 is 0 Å². The molecule has 27 heavy (non-hydrogen) atoms. The van der Waals surface area contributed by atoms with Gasteiger partial charge in [-0.3, -0.25) is 4.79 Å². The van der Waals surface area contributed by atoms with Gasteiger partial charge in [-0.1, -0.05) is 30.3 Å². The molecule has 0 atom stereocenters. The minimum absolute atomic E-state index is 0.144. The highest BCUT2D eigenvalue weighted by Gasteiger charge is 2.10. The van der Waals surface area contributed by atoms with Gasteiger partial charge >= 0.3 is 0 Å². The van der Waals surface area contributed by atoms with E-state index in [1.165, 1.54) is 12.1 Å². The zero-order valence-electron chi connectivity index (χ0n) is 14.9. The zero-order valence-corrected chi connectivity index (χ0v) is 14.9. The molecule has 4 nitrogen and oxygen atoms in total. The molecule has 0 heterocycles. The minimum atomic E-state index is -0.305. The van der Waals surface area contributed by atoms with E-state index in [1.54, 1.807) is 25.3 Å². The number of hydrogen-bond acceptors (Lipinski definition) is 3. The van der Waals surface area contributed by atoms with Crippen molar-refractivity contribution < 1.29 is 18.7 Å². The molecule has 138 valence electrons. The highest BCUT2D eigenvalue weighted by atomic mass is 19.1. The first-order chi connectivity index (χ1) is 13.2. The maximum Gasteiger partial charge on any atom is 0.251 e. The van der Waals surface area contributed by atoms with Crippen molar-refractivity contribution in [1.82, 2.24) is 5.32 Å². The number of halogens is 1.